The first-order chi connectivity index (χ1) is 15.3. The van der Waals surface area contributed by atoms with Crippen molar-refractivity contribution in [2.75, 3.05) is 0 Å². The number of hydrogen-bond acceptors (Lipinski definition) is 4. The quantitative estimate of drug-likeness (QED) is 0.275. The van der Waals surface area contributed by atoms with Gasteiger partial charge in [0.1, 0.15) is 11.4 Å². The third kappa shape index (κ3) is 5.00. The largest absolute Gasteiger partial charge is 0.455 e. The zero-order valence-electron chi connectivity index (χ0n) is 16.3. The summed E-state index contributed by atoms with van der Waals surface area (Å²) in [5.41, 5.74) is 1.000. The zero-order valence-corrected chi connectivity index (χ0v) is 19.4. The van der Waals surface area contributed by atoms with Gasteiger partial charge in [-0.15, -0.1) is 4.09 Å². The van der Waals surface area contributed by atoms with E-state index in [-0.39, 0.29) is 16.3 Å². The molecule has 0 aliphatic rings. The Hall–Kier alpha value is -2.77. The van der Waals surface area contributed by atoms with Crippen molar-refractivity contribution in [3.8, 4) is 5.75 Å². The van der Waals surface area contributed by atoms with Crippen molar-refractivity contribution in [1.29, 1.82) is 0 Å². The second kappa shape index (κ2) is 9.38. The number of rotatable bonds is 6. The fourth-order valence-corrected chi connectivity index (χ4v) is 4.51. The lowest BCUT2D eigenvalue weighted by Crippen LogP contribution is -2.18. The Balaban J connectivity index is 1.82. The molecule has 3 aromatic carbocycles. The van der Waals surface area contributed by atoms with Gasteiger partial charge in [-0.05, 0) is 78.4 Å². The molecule has 0 saturated heterocycles. The van der Waals surface area contributed by atoms with Gasteiger partial charge in [-0.2, -0.15) is 13.5 Å². The van der Waals surface area contributed by atoms with Gasteiger partial charge in [0.25, 0.3) is 10.0 Å². The van der Waals surface area contributed by atoms with Gasteiger partial charge in [0.05, 0.1) is 11.1 Å². The van der Waals surface area contributed by atoms with E-state index in [4.69, 9.17) is 39.5 Å². The van der Waals surface area contributed by atoms with Crippen molar-refractivity contribution in [2.45, 2.75) is 4.90 Å². The molecular formula is C23H15Cl3N2O3S. The minimum atomic E-state index is -4.00. The normalized spacial score (nSPS) is 12.0. The molecule has 0 saturated carbocycles. The monoisotopic (exact) mass is 504 g/mol. The van der Waals surface area contributed by atoms with E-state index in [1.807, 2.05) is 0 Å². The first-order valence-electron chi connectivity index (χ1n) is 9.29. The molecule has 0 aliphatic carbocycles. The molecule has 1 aromatic heterocycles. The summed E-state index contributed by atoms with van der Waals surface area (Å²) in [6, 6.07) is 21.2. The van der Waals surface area contributed by atoms with Gasteiger partial charge in [-0.3, -0.25) is 0 Å². The number of ether oxygens (including phenoxy) is 1. The van der Waals surface area contributed by atoms with Gasteiger partial charge in [0.15, 0.2) is 5.76 Å². The molecule has 4 aromatic rings. The van der Waals surface area contributed by atoms with Crippen molar-refractivity contribution in [3.05, 3.63) is 111 Å². The molecule has 162 valence electrons. The van der Waals surface area contributed by atoms with Crippen LogP contribution in [0.15, 0.2) is 90.0 Å². The van der Waals surface area contributed by atoms with Gasteiger partial charge < -0.3 is 4.74 Å². The van der Waals surface area contributed by atoms with E-state index in [2.05, 4.69) is 5.10 Å². The van der Waals surface area contributed by atoms with E-state index in [0.717, 1.165) is 9.65 Å². The highest BCUT2D eigenvalue weighted by atomic mass is 35.5. The Labute approximate surface area is 200 Å². The van der Waals surface area contributed by atoms with Crippen LogP contribution in [0.25, 0.3) is 11.8 Å². The Morgan fingerprint density at radius 1 is 0.781 bits per heavy atom. The maximum absolute atomic E-state index is 13.3. The molecular weight excluding hydrogens is 491 g/mol. The van der Waals surface area contributed by atoms with E-state index < -0.39 is 10.0 Å². The topological polar surface area (TPSA) is 61.2 Å². The number of benzene rings is 3. The second-order valence-electron chi connectivity index (χ2n) is 6.63. The minimum Gasteiger partial charge on any atom is -0.455 e. The van der Waals surface area contributed by atoms with E-state index in [1.54, 1.807) is 60.7 Å². The highest BCUT2D eigenvalue weighted by Gasteiger charge is 2.24. The number of halogens is 3. The average Bonchev–Trinajstić information content (AvgIpc) is 3.27. The van der Waals surface area contributed by atoms with Crippen LogP contribution in [0.1, 0.15) is 11.3 Å². The molecule has 0 aliphatic heterocycles. The fraction of sp³-hybridized carbons (Fsp3) is 0. The molecule has 0 atom stereocenters. The molecule has 32 heavy (non-hydrogen) atoms. The lowest BCUT2D eigenvalue weighted by molar-refractivity contribution is 0.511. The fourth-order valence-electron chi connectivity index (χ4n) is 2.86. The van der Waals surface area contributed by atoms with Crippen LogP contribution in [-0.4, -0.2) is 17.6 Å². The zero-order chi connectivity index (χ0) is 22.7. The molecule has 0 amide bonds. The maximum atomic E-state index is 13.3. The lowest BCUT2D eigenvalue weighted by atomic mass is 10.2. The summed E-state index contributed by atoms with van der Waals surface area (Å²) in [4.78, 5) is 0.0455. The van der Waals surface area contributed by atoms with E-state index in [0.29, 0.717) is 20.8 Å². The third-order valence-corrected chi connectivity index (χ3v) is 6.78. The number of hydrogen-bond donors (Lipinski definition) is 0. The van der Waals surface area contributed by atoms with E-state index in [9.17, 15) is 8.42 Å². The Bertz CT molecular complexity index is 1360. The first-order valence-corrected chi connectivity index (χ1v) is 11.9. The summed E-state index contributed by atoms with van der Waals surface area (Å²) in [5, 5.41) is 5.61. The van der Waals surface area contributed by atoms with Crippen molar-refractivity contribution in [3.63, 3.8) is 0 Å². The smallest absolute Gasteiger partial charge is 0.283 e. The van der Waals surface area contributed by atoms with Crippen LogP contribution < -0.4 is 4.74 Å². The van der Waals surface area contributed by atoms with E-state index in [1.165, 1.54) is 30.5 Å². The summed E-state index contributed by atoms with van der Waals surface area (Å²) in [6.45, 7) is 0. The SMILES string of the molecule is O=S(=O)(c1ccc(Cl)cc1)n1nccc1/C(=C\c1ccc(Cl)cc1)Oc1ccc(Cl)cc1. The summed E-state index contributed by atoms with van der Waals surface area (Å²) < 4.78 is 33.5. The molecule has 4 rings (SSSR count). The van der Waals surface area contributed by atoms with Gasteiger partial charge in [0, 0.05) is 15.1 Å². The van der Waals surface area contributed by atoms with Gasteiger partial charge in [-0.1, -0.05) is 46.9 Å². The average molecular weight is 506 g/mol. The van der Waals surface area contributed by atoms with Gasteiger partial charge >= 0.3 is 0 Å². The maximum Gasteiger partial charge on any atom is 0.283 e. The summed E-state index contributed by atoms with van der Waals surface area (Å²) >= 11 is 17.9. The Kier molecular flexibility index (Phi) is 6.58. The summed E-state index contributed by atoms with van der Waals surface area (Å²) in [7, 11) is -4.00. The number of aromatic nitrogens is 2. The van der Waals surface area contributed by atoms with Crippen LogP contribution in [0.2, 0.25) is 15.1 Å². The predicted octanol–water partition coefficient (Wildman–Crippen LogP) is 6.66. The molecule has 0 radical (unpaired) electrons. The van der Waals surface area contributed by atoms with Crippen LogP contribution in [0.3, 0.4) is 0 Å². The van der Waals surface area contributed by atoms with Crippen LogP contribution >= 0.6 is 34.8 Å². The van der Waals surface area contributed by atoms with Gasteiger partial charge in [0.2, 0.25) is 0 Å². The predicted molar refractivity (Wildman–Crippen MR) is 128 cm³/mol. The standard InChI is InChI=1S/C23H15Cl3N2O3S/c24-17-3-1-16(2-4-17)15-23(31-20-9-5-18(25)6-10-20)22-13-14-27-28(22)32(29,30)21-11-7-19(26)8-12-21/h1-15H/b23-15+. The van der Waals surface area contributed by atoms with Crippen LogP contribution in [0.5, 0.6) is 5.75 Å². The molecule has 5 nitrogen and oxygen atoms in total. The van der Waals surface area contributed by atoms with Crippen LogP contribution in [0, 0.1) is 0 Å². The molecule has 0 fully saturated rings. The molecule has 0 unspecified atom stereocenters. The molecule has 0 spiro atoms. The first kappa shape index (κ1) is 22.4. The van der Waals surface area contributed by atoms with Crippen molar-refractivity contribution in [2.24, 2.45) is 0 Å². The Morgan fingerprint density at radius 2 is 1.31 bits per heavy atom. The van der Waals surface area contributed by atoms with Crippen molar-refractivity contribution in [1.82, 2.24) is 9.19 Å². The van der Waals surface area contributed by atoms with Crippen LogP contribution in [-0.2, 0) is 10.0 Å². The highest BCUT2D eigenvalue weighted by molar-refractivity contribution is 7.89. The summed E-state index contributed by atoms with van der Waals surface area (Å²) in [5.74, 6) is 0.746. The van der Waals surface area contributed by atoms with E-state index >= 15 is 0 Å². The van der Waals surface area contributed by atoms with Crippen LogP contribution in [0.4, 0.5) is 0 Å². The highest BCUT2D eigenvalue weighted by Crippen LogP contribution is 2.27. The molecule has 0 bridgehead atoms. The third-order valence-electron chi connectivity index (χ3n) is 4.41. The van der Waals surface area contributed by atoms with Crippen molar-refractivity contribution >= 4 is 56.7 Å². The molecule has 0 N–H and O–H groups in total. The number of nitrogens with zero attached hydrogens (tertiary/aromatic N) is 2. The Morgan fingerprint density at radius 3 is 1.91 bits per heavy atom. The van der Waals surface area contributed by atoms with Gasteiger partial charge in [-0.25, -0.2) is 0 Å². The summed E-state index contributed by atoms with van der Waals surface area (Å²) in [6.07, 6.45) is 3.10. The molecule has 1 heterocycles. The van der Waals surface area contributed by atoms with Crippen molar-refractivity contribution < 1.29 is 13.2 Å². The molecule has 9 heteroatoms. The lowest BCUT2D eigenvalue weighted by Gasteiger charge is -2.13. The minimum absolute atomic E-state index is 0.0455. The second-order valence-corrected chi connectivity index (χ2v) is 9.71.